The highest BCUT2D eigenvalue weighted by Crippen LogP contribution is 2.32. The van der Waals surface area contributed by atoms with Gasteiger partial charge in [0.15, 0.2) is 0 Å². The number of aromatic amines is 2. The van der Waals surface area contributed by atoms with E-state index in [9.17, 15) is 22.8 Å². The van der Waals surface area contributed by atoms with Crippen molar-refractivity contribution in [3.63, 3.8) is 0 Å². The zero-order valence-corrected chi connectivity index (χ0v) is 16.0. The van der Waals surface area contributed by atoms with E-state index < -0.39 is 23.0 Å². The van der Waals surface area contributed by atoms with Crippen LogP contribution in [-0.2, 0) is 19.1 Å². The normalized spacial score (nSPS) is 14.1. The van der Waals surface area contributed by atoms with Crippen LogP contribution in [0.25, 0.3) is 16.7 Å². The van der Waals surface area contributed by atoms with E-state index in [0.717, 1.165) is 16.7 Å². The number of hydrogen-bond donors (Lipinski definition) is 2. The Kier molecular flexibility index (Phi) is 4.24. The number of rotatable bonds is 2. The average Bonchev–Trinajstić information content (AvgIpc) is 3.17. The first-order chi connectivity index (χ1) is 14.8. The van der Waals surface area contributed by atoms with E-state index >= 15 is 0 Å². The maximum absolute atomic E-state index is 13.1. The molecule has 0 saturated heterocycles. The fraction of sp³-hybridized carbons (Fsp3) is 0.190. The molecule has 3 heterocycles. The van der Waals surface area contributed by atoms with E-state index in [2.05, 4.69) is 15.0 Å². The highest BCUT2D eigenvalue weighted by atomic mass is 19.4. The Morgan fingerprint density at radius 1 is 1.00 bits per heavy atom. The van der Waals surface area contributed by atoms with Crippen LogP contribution in [-0.4, -0.2) is 26.1 Å². The first-order valence-corrected chi connectivity index (χ1v) is 9.56. The summed E-state index contributed by atoms with van der Waals surface area (Å²) in [6.45, 7) is 0.618. The van der Waals surface area contributed by atoms with Gasteiger partial charge in [-0.25, -0.2) is 14.3 Å². The van der Waals surface area contributed by atoms with Gasteiger partial charge in [-0.05, 0) is 30.3 Å². The lowest BCUT2D eigenvalue weighted by Gasteiger charge is -2.28. The molecule has 2 aromatic carbocycles. The molecule has 5 rings (SSSR count). The van der Waals surface area contributed by atoms with Gasteiger partial charge < -0.3 is 14.9 Å². The number of nitrogens with zero attached hydrogens (tertiary/aromatic N) is 3. The van der Waals surface area contributed by atoms with Crippen LogP contribution >= 0.6 is 0 Å². The molecular formula is C21H16F3N5O2. The number of alkyl halides is 3. The zero-order valence-electron chi connectivity index (χ0n) is 16.0. The first-order valence-electron chi connectivity index (χ1n) is 9.56. The summed E-state index contributed by atoms with van der Waals surface area (Å²) in [6.07, 6.45) is -4.04. The monoisotopic (exact) mass is 427 g/mol. The van der Waals surface area contributed by atoms with Gasteiger partial charge in [-0.3, -0.25) is 4.79 Å². The minimum Gasteiger partial charge on any atom is -0.337 e. The molecule has 31 heavy (non-hydrogen) atoms. The average molecular weight is 427 g/mol. The molecule has 0 unspecified atom stereocenters. The highest BCUT2D eigenvalue weighted by Gasteiger charge is 2.31. The molecule has 1 aliphatic rings. The van der Waals surface area contributed by atoms with Crippen molar-refractivity contribution in [1.29, 1.82) is 0 Å². The van der Waals surface area contributed by atoms with Gasteiger partial charge >= 0.3 is 11.9 Å². The fourth-order valence-electron chi connectivity index (χ4n) is 3.82. The summed E-state index contributed by atoms with van der Waals surface area (Å²) in [7, 11) is 0. The number of hydrogen-bond acceptors (Lipinski definition) is 4. The van der Waals surface area contributed by atoms with Gasteiger partial charge in [0.1, 0.15) is 0 Å². The van der Waals surface area contributed by atoms with Crippen LogP contribution in [0, 0.1) is 0 Å². The van der Waals surface area contributed by atoms with Crippen LogP contribution < -0.4 is 16.1 Å². The number of anilines is 1. The summed E-state index contributed by atoms with van der Waals surface area (Å²) in [5.41, 5.74) is 0.410. The summed E-state index contributed by atoms with van der Waals surface area (Å²) in [4.78, 5) is 37.4. The van der Waals surface area contributed by atoms with Gasteiger partial charge in [-0.2, -0.15) is 13.2 Å². The zero-order chi connectivity index (χ0) is 21.8. The quantitative estimate of drug-likeness (QED) is 0.515. The van der Waals surface area contributed by atoms with Crippen LogP contribution in [0.5, 0.6) is 0 Å². The van der Waals surface area contributed by atoms with Gasteiger partial charge in [-0.15, -0.1) is 0 Å². The van der Waals surface area contributed by atoms with Crippen molar-refractivity contribution >= 4 is 17.0 Å². The Labute approximate surface area is 172 Å². The fourth-order valence-corrected chi connectivity index (χ4v) is 3.82. The number of H-pyrrole nitrogens is 2. The van der Waals surface area contributed by atoms with E-state index in [1.807, 2.05) is 0 Å². The topological polar surface area (TPSA) is 86.8 Å². The van der Waals surface area contributed by atoms with E-state index in [1.54, 1.807) is 35.2 Å². The smallest absolute Gasteiger partial charge is 0.337 e. The standard InChI is InChI=1S/C21H16F3N5O2/c22-21(23,24)12-6-7-16-17(10-12)26-19(25-16)28-9-8-15-14(11-28)18(30)29(20(31)27-15)13-4-2-1-3-5-13/h1-7,10H,8-9,11H2,(H,25,26)(H,27,31). The van der Waals surface area contributed by atoms with Gasteiger partial charge in [0.2, 0.25) is 5.95 Å². The molecule has 1 aliphatic heterocycles. The predicted molar refractivity (Wildman–Crippen MR) is 109 cm³/mol. The molecular weight excluding hydrogens is 411 g/mol. The van der Waals surface area contributed by atoms with Gasteiger partial charge in [0.25, 0.3) is 5.56 Å². The van der Waals surface area contributed by atoms with Crippen LogP contribution in [0.3, 0.4) is 0 Å². The molecule has 158 valence electrons. The number of para-hydroxylation sites is 1. The van der Waals surface area contributed by atoms with Gasteiger partial charge in [0.05, 0.1) is 34.4 Å². The lowest BCUT2D eigenvalue weighted by Crippen LogP contribution is -2.43. The van der Waals surface area contributed by atoms with Crippen LogP contribution in [0.4, 0.5) is 19.1 Å². The largest absolute Gasteiger partial charge is 0.416 e. The van der Waals surface area contributed by atoms with Crippen molar-refractivity contribution in [2.45, 2.75) is 19.1 Å². The van der Waals surface area contributed by atoms with Crippen LogP contribution in [0.2, 0.25) is 0 Å². The highest BCUT2D eigenvalue weighted by molar-refractivity contribution is 5.78. The second-order valence-corrected chi connectivity index (χ2v) is 7.33. The van der Waals surface area contributed by atoms with Gasteiger partial charge in [0, 0.05) is 18.7 Å². The third kappa shape index (κ3) is 3.29. The predicted octanol–water partition coefficient (Wildman–Crippen LogP) is 2.98. The Morgan fingerprint density at radius 2 is 1.77 bits per heavy atom. The number of fused-ring (bicyclic) bond motifs is 2. The lowest BCUT2D eigenvalue weighted by atomic mass is 10.1. The van der Waals surface area contributed by atoms with Crippen molar-refractivity contribution in [3.05, 3.63) is 86.2 Å². The van der Waals surface area contributed by atoms with Crippen LogP contribution in [0.15, 0.2) is 58.1 Å². The van der Waals surface area contributed by atoms with E-state index in [4.69, 9.17) is 0 Å². The molecule has 0 fully saturated rings. The third-order valence-corrected chi connectivity index (χ3v) is 5.38. The molecule has 2 N–H and O–H groups in total. The minimum absolute atomic E-state index is 0.170. The SMILES string of the molecule is O=c1[nH]c2c(c(=O)n1-c1ccccc1)CN(c1nc3ccc(C(F)(F)F)cc3[nH]1)CC2. The summed E-state index contributed by atoms with van der Waals surface area (Å²) in [5.74, 6) is 0.372. The summed E-state index contributed by atoms with van der Waals surface area (Å²) in [6, 6.07) is 11.9. The lowest BCUT2D eigenvalue weighted by molar-refractivity contribution is -0.137. The third-order valence-electron chi connectivity index (χ3n) is 5.38. The summed E-state index contributed by atoms with van der Waals surface area (Å²) in [5, 5.41) is 0. The Balaban J connectivity index is 1.54. The molecule has 0 saturated carbocycles. The first kappa shape index (κ1) is 19.2. The number of benzene rings is 2. The Hall–Kier alpha value is -3.82. The number of halogens is 3. The second kappa shape index (κ2) is 6.86. The Bertz CT molecular complexity index is 1400. The van der Waals surface area contributed by atoms with Crippen LogP contribution in [0.1, 0.15) is 16.8 Å². The molecule has 0 amide bonds. The van der Waals surface area contributed by atoms with E-state index in [1.165, 1.54) is 6.07 Å². The van der Waals surface area contributed by atoms with Crippen molar-refractivity contribution < 1.29 is 13.2 Å². The number of imidazole rings is 1. The molecule has 7 nitrogen and oxygen atoms in total. The summed E-state index contributed by atoms with van der Waals surface area (Å²) >= 11 is 0. The molecule has 0 aliphatic carbocycles. The molecule has 0 bridgehead atoms. The minimum atomic E-state index is -4.45. The molecule has 0 spiro atoms. The molecule has 10 heteroatoms. The summed E-state index contributed by atoms with van der Waals surface area (Å²) < 4.78 is 40.0. The molecule has 4 aromatic rings. The maximum Gasteiger partial charge on any atom is 0.416 e. The van der Waals surface area contributed by atoms with E-state index in [0.29, 0.717) is 41.4 Å². The van der Waals surface area contributed by atoms with Crippen molar-refractivity contribution in [3.8, 4) is 5.69 Å². The molecule has 2 aromatic heterocycles. The molecule has 0 atom stereocenters. The maximum atomic E-state index is 13.1. The number of nitrogens with one attached hydrogen (secondary N) is 2. The van der Waals surface area contributed by atoms with Crippen molar-refractivity contribution in [1.82, 2.24) is 19.5 Å². The van der Waals surface area contributed by atoms with E-state index in [-0.39, 0.29) is 12.1 Å². The second-order valence-electron chi connectivity index (χ2n) is 7.33. The Morgan fingerprint density at radius 3 is 2.52 bits per heavy atom. The van der Waals surface area contributed by atoms with Gasteiger partial charge in [-0.1, -0.05) is 18.2 Å². The number of aromatic nitrogens is 4. The molecule has 0 radical (unpaired) electrons. The van der Waals surface area contributed by atoms with Crippen molar-refractivity contribution in [2.24, 2.45) is 0 Å². The van der Waals surface area contributed by atoms with Crippen molar-refractivity contribution in [2.75, 3.05) is 11.4 Å².